The minimum Gasteiger partial charge on any atom is -0.507 e. The lowest BCUT2D eigenvalue weighted by atomic mass is 9.89. The second-order valence-corrected chi connectivity index (χ2v) is 9.87. The lowest BCUT2D eigenvalue weighted by Gasteiger charge is -2.24. The highest BCUT2D eigenvalue weighted by Crippen LogP contribution is 2.45. The van der Waals surface area contributed by atoms with Gasteiger partial charge in [-0.25, -0.2) is 0 Å². The van der Waals surface area contributed by atoms with Gasteiger partial charge in [0.05, 0.1) is 13.2 Å². The van der Waals surface area contributed by atoms with Gasteiger partial charge in [0.1, 0.15) is 23.2 Å². The van der Waals surface area contributed by atoms with Crippen LogP contribution in [0.2, 0.25) is 0 Å². The van der Waals surface area contributed by atoms with Crippen molar-refractivity contribution in [3.8, 4) is 28.4 Å². The van der Waals surface area contributed by atoms with E-state index in [1.54, 1.807) is 55.6 Å². The molecule has 0 bridgehead atoms. The van der Waals surface area contributed by atoms with Crippen LogP contribution in [0.1, 0.15) is 23.1 Å². The lowest BCUT2D eigenvalue weighted by Crippen LogP contribution is -2.25. The number of aliphatic hydroxyl groups is 1. The number of ether oxygens (including phenoxy) is 2. The first-order chi connectivity index (χ1) is 20.0. The number of fused-ring (bicyclic) bond motifs is 2. The first-order valence-corrected chi connectivity index (χ1v) is 13.4. The van der Waals surface area contributed by atoms with Gasteiger partial charge in [-0.05, 0) is 56.9 Å². The summed E-state index contributed by atoms with van der Waals surface area (Å²) in [5, 5.41) is 26.2. The van der Waals surface area contributed by atoms with Crippen LogP contribution in [0.4, 0.5) is 0 Å². The number of hydrogen-bond acceptors (Lipinski definition) is 5. The van der Waals surface area contributed by atoms with Crippen molar-refractivity contribution < 1.29 is 24.5 Å². The third-order valence-electron chi connectivity index (χ3n) is 7.44. The van der Waals surface area contributed by atoms with Gasteiger partial charge in [-0.2, -0.15) is 0 Å². The Labute approximate surface area is 237 Å². The molecule has 6 aromatic rings. The second kappa shape index (κ2) is 11.2. The van der Waals surface area contributed by atoms with Gasteiger partial charge in [-0.3, -0.25) is 4.79 Å². The number of carbonyl (C=O) groups is 1. The summed E-state index contributed by atoms with van der Waals surface area (Å²) in [5.41, 5.74) is 2.37. The Balaban J connectivity index is 1.49. The van der Waals surface area contributed by atoms with E-state index in [9.17, 15) is 15.0 Å². The maximum atomic E-state index is 14.0. The molecule has 41 heavy (non-hydrogen) atoms. The third kappa shape index (κ3) is 4.99. The number of aliphatic hydroxyl groups excluding tert-OH is 1. The van der Waals surface area contributed by atoms with E-state index in [-0.39, 0.29) is 5.75 Å². The van der Waals surface area contributed by atoms with Crippen LogP contribution >= 0.6 is 0 Å². The van der Waals surface area contributed by atoms with Crippen LogP contribution in [0.5, 0.6) is 17.2 Å². The van der Waals surface area contributed by atoms with Crippen molar-refractivity contribution in [2.24, 2.45) is 0 Å². The fourth-order valence-electron chi connectivity index (χ4n) is 5.39. The molecule has 202 valence electrons. The van der Waals surface area contributed by atoms with Crippen LogP contribution in [-0.4, -0.2) is 23.3 Å². The summed E-state index contributed by atoms with van der Waals surface area (Å²) in [6.07, 6.45) is -1.18. The zero-order chi connectivity index (χ0) is 28.3. The predicted molar refractivity (Wildman–Crippen MR) is 161 cm³/mol. The van der Waals surface area contributed by atoms with Crippen LogP contribution in [0, 0.1) is 0 Å². The van der Waals surface area contributed by atoms with Crippen LogP contribution in [0.25, 0.3) is 32.7 Å². The van der Waals surface area contributed by atoms with Crippen LogP contribution < -0.4 is 9.47 Å². The molecule has 2 N–H and O–H groups in total. The summed E-state index contributed by atoms with van der Waals surface area (Å²) in [5.74, 6) is -0.602. The molecule has 0 unspecified atom stereocenters. The number of hydrogen-bond donors (Lipinski definition) is 2. The topological polar surface area (TPSA) is 76.0 Å². The summed E-state index contributed by atoms with van der Waals surface area (Å²) in [7, 11) is 1.57. The molecule has 0 fully saturated rings. The van der Waals surface area contributed by atoms with Crippen molar-refractivity contribution in [2.45, 2.75) is 12.0 Å². The monoisotopic (exact) mass is 540 g/mol. The quantitative estimate of drug-likeness (QED) is 0.160. The number of phenols is 1. The average Bonchev–Trinajstić information content (AvgIpc) is 3.02. The maximum Gasteiger partial charge on any atom is 0.321 e. The second-order valence-electron chi connectivity index (χ2n) is 9.87. The molecule has 0 aliphatic heterocycles. The van der Waals surface area contributed by atoms with E-state index in [2.05, 4.69) is 0 Å². The predicted octanol–water partition coefficient (Wildman–Crippen LogP) is 7.80. The van der Waals surface area contributed by atoms with E-state index in [0.717, 1.165) is 21.5 Å². The van der Waals surface area contributed by atoms with E-state index in [1.807, 2.05) is 78.9 Å². The number of esters is 1. The summed E-state index contributed by atoms with van der Waals surface area (Å²) in [4.78, 5) is 14.0. The van der Waals surface area contributed by atoms with Gasteiger partial charge < -0.3 is 19.7 Å². The minimum absolute atomic E-state index is 0.0789. The average molecular weight is 541 g/mol. The number of phenolic OH excluding ortho intramolecular Hbond substituents is 1. The number of carbonyl (C=O) groups excluding carboxylic acids is 1. The normalized spacial score (nSPS) is 12.6. The number of methoxy groups -OCH3 is 1. The molecule has 0 heterocycles. The molecule has 0 radical (unpaired) electrons. The van der Waals surface area contributed by atoms with Crippen LogP contribution in [0.3, 0.4) is 0 Å². The smallest absolute Gasteiger partial charge is 0.321 e. The molecule has 0 aliphatic carbocycles. The Bertz CT molecular complexity index is 1840. The molecular weight excluding hydrogens is 512 g/mol. The molecule has 0 saturated carbocycles. The summed E-state index contributed by atoms with van der Waals surface area (Å²) < 4.78 is 11.4. The molecule has 2 atom stereocenters. The van der Waals surface area contributed by atoms with Gasteiger partial charge in [-0.1, -0.05) is 103 Å². The van der Waals surface area contributed by atoms with Crippen molar-refractivity contribution >= 4 is 27.5 Å². The highest BCUT2D eigenvalue weighted by atomic mass is 16.5. The Morgan fingerprint density at radius 1 is 0.634 bits per heavy atom. The Hall–Kier alpha value is -5.13. The molecular formula is C36H28O5. The number of aromatic hydroxyl groups is 1. The van der Waals surface area contributed by atoms with Gasteiger partial charge >= 0.3 is 5.97 Å². The lowest BCUT2D eigenvalue weighted by molar-refractivity contribution is -0.139. The summed E-state index contributed by atoms with van der Waals surface area (Å²) in [6, 6.07) is 38.8. The van der Waals surface area contributed by atoms with E-state index < -0.39 is 18.0 Å². The molecule has 0 amide bonds. The zero-order valence-corrected chi connectivity index (χ0v) is 22.4. The van der Waals surface area contributed by atoms with Gasteiger partial charge in [0.2, 0.25) is 0 Å². The first-order valence-electron chi connectivity index (χ1n) is 13.4. The Morgan fingerprint density at radius 3 is 1.88 bits per heavy atom. The standard InChI is InChI=1S/C36H28O5/c1-40-27-19-15-26(16-20-27)35(38)32(25-11-3-2-4-12-25)36(39)41-31-22-18-24-10-6-8-14-29(24)34(31)33-28-13-7-5-9-23(28)17-21-30(33)37/h2-22,32,35,37-38H,1H3/t32-,35-/m1/s1. The fraction of sp³-hybridized carbons (Fsp3) is 0.0833. The Kier molecular flexibility index (Phi) is 7.11. The summed E-state index contributed by atoms with van der Waals surface area (Å²) in [6.45, 7) is 0. The van der Waals surface area contributed by atoms with Gasteiger partial charge in [-0.15, -0.1) is 0 Å². The zero-order valence-electron chi connectivity index (χ0n) is 22.4. The number of benzene rings is 6. The van der Waals surface area contributed by atoms with Crippen molar-refractivity contribution in [3.05, 3.63) is 139 Å². The Morgan fingerprint density at radius 2 is 1.22 bits per heavy atom. The molecule has 0 spiro atoms. The molecule has 0 aliphatic rings. The SMILES string of the molecule is COc1ccc([C@@H](O)[C@H](C(=O)Oc2ccc3ccccc3c2-c2c(O)ccc3ccccc23)c2ccccc2)cc1. The highest BCUT2D eigenvalue weighted by Gasteiger charge is 2.33. The summed E-state index contributed by atoms with van der Waals surface area (Å²) >= 11 is 0. The fourth-order valence-corrected chi connectivity index (χ4v) is 5.39. The van der Waals surface area contributed by atoms with E-state index in [4.69, 9.17) is 9.47 Å². The van der Waals surface area contributed by atoms with Crippen molar-refractivity contribution in [1.29, 1.82) is 0 Å². The molecule has 5 nitrogen and oxygen atoms in total. The van der Waals surface area contributed by atoms with Gasteiger partial charge in [0, 0.05) is 11.1 Å². The van der Waals surface area contributed by atoms with Crippen LogP contribution in [-0.2, 0) is 4.79 Å². The third-order valence-corrected chi connectivity index (χ3v) is 7.44. The van der Waals surface area contributed by atoms with Crippen molar-refractivity contribution in [2.75, 3.05) is 7.11 Å². The van der Waals surface area contributed by atoms with Crippen molar-refractivity contribution in [1.82, 2.24) is 0 Å². The van der Waals surface area contributed by atoms with E-state index >= 15 is 0 Å². The van der Waals surface area contributed by atoms with E-state index in [0.29, 0.717) is 33.8 Å². The molecule has 0 aromatic heterocycles. The maximum absolute atomic E-state index is 14.0. The van der Waals surface area contributed by atoms with Crippen molar-refractivity contribution in [3.63, 3.8) is 0 Å². The van der Waals surface area contributed by atoms with E-state index in [1.165, 1.54) is 0 Å². The molecule has 5 heteroatoms. The number of rotatable bonds is 7. The van der Waals surface area contributed by atoms with Crippen LogP contribution in [0.15, 0.2) is 127 Å². The van der Waals surface area contributed by atoms with Gasteiger partial charge in [0.25, 0.3) is 0 Å². The molecule has 0 saturated heterocycles. The molecule has 6 rings (SSSR count). The highest BCUT2D eigenvalue weighted by molar-refractivity contribution is 6.10. The molecule has 6 aromatic carbocycles. The largest absolute Gasteiger partial charge is 0.507 e. The first kappa shape index (κ1) is 26.1. The minimum atomic E-state index is -1.18. The van der Waals surface area contributed by atoms with Gasteiger partial charge in [0.15, 0.2) is 0 Å².